The van der Waals surface area contributed by atoms with Gasteiger partial charge < -0.3 is 15.4 Å². The molecule has 1 aromatic rings. The largest absolute Gasteiger partial charge is 0.463 e. The zero-order valence-corrected chi connectivity index (χ0v) is 12.9. The molecule has 0 unspecified atom stereocenters. The van der Waals surface area contributed by atoms with E-state index >= 15 is 0 Å². The predicted molar refractivity (Wildman–Crippen MR) is 82.4 cm³/mol. The van der Waals surface area contributed by atoms with Gasteiger partial charge in [-0.05, 0) is 19.8 Å². The summed E-state index contributed by atoms with van der Waals surface area (Å²) in [7, 11) is 0. The van der Waals surface area contributed by atoms with Crippen molar-refractivity contribution in [1.29, 1.82) is 0 Å². The fourth-order valence-corrected chi connectivity index (χ4v) is 1.68. The molecule has 0 aliphatic carbocycles. The summed E-state index contributed by atoms with van der Waals surface area (Å²) in [5.74, 6) is 1.14. The molecule has 2 N–H and O–H groups in total. The highest BCUT2D eigenvalue weighted by Gasteiger charge is 2.06. The molecule has 1 heterocycles. The first kappa shape index (κ1) is 16.5. The highest BCUT2D eigenvalue weighted by atomic mass is 16.5. The van der Waals surface area contributed by atoms with Crippen LogP contribution in [0.4, 0.5) is 11.9 Å². The highest BCUT2D eigenvalue weighted by molar-refractivity contribution is 5.35. The molecule has 0 fully saturated rings. The Labute approximate surface area is 121 Å². The van der Waals surface area contributed by atoms with Gasteiger partial charge in [0, 0.05) is 13.1 Å². The van der Waals surface area contributed by atoms with E-state index in [-0.39, 0.29) is 0 Å². The standard InChI is InChI=1S/C14H27N5O/c1-4-7-8-9-10-16-13-17-12(15-6-3)18-14(19-13)20-11-5-2/h4-11H2,1-3H3,(H2,15,16,17,18,19). The van der Waals surface area contributed by atoms with Crippen LogP contribution in [0.1, 0.15) is 52.9 Å². The lowest BCUT2D eigenvalue weighted by Gasteiger charge is -2.09. The Morgan fingerprint density at radius 3 is 2.25 bits per heavy atom. The van der Waals surface area contributed by atoms with E-state index in [1.54, 1.807) is 0 Å². The molecule has 0 saturated heterocycles. The molecule has 20 heavy (non-hydrogen) atoms. The molecule has 0 aliphatic rings. The minimum Gasteiger partial charge on any atom is -0.463 e. The third-order valence-corrected chi connectivity index (χ3v) is 2.70. The van der Waals surface area contributed by atoms with Crippen LogP contribution in [0.3, 0.4) is 0 Å². The fraction of sp³-hybridized carbons (Fsp3) is 0.786. The van der Waals surface area contributed by atoms with Crippen molar-refractivity contribution in [2.45, 2.75) is 52.9 Å². The molecule has 0 amide bonds. The second kappa shape index (κ2) is 10.2. The lowest BCUT2D eigenvalue weighted by molar-refractivity contribution is 0.292. The number of nitrogens with one attached hydrogen (secondary N) is 2. The summed E-state index contributed by atoms with van der Waals surface area (Å²) in [6.07, 6.45) is 5.80. The van der Waals surface area contributed by atoms with E-state index in [9.17, 15) is 0 Å². The molecule has 0 aliphatic heterocycles. The van der Waals surface area contributed by atoms with Gasteiger partial charge in [0.15, 0.2) is 0 Å². The first-order valence-electron chi connectivity index (χ1n) is 7.66. The summed E-state index contributed by atoms with van der Waals surface area (Å²) in [5, 5.41) is 6.33. The van der Waals surface area contributed by atoms with Crippen LogP contribution in [0.2, 0.25) is 0 Å². The van der Waals surface area contributed by atoms with E-state index in [0.29, 0.717) is 24.5 Å². The Kier molecular flexibility index (Phi) is 8.42. The second-order valence-electron chi connectivity index (χ2n) is 4.63. The van der Waals surface area contributed by atoms with Crippen molar-refractivity contribution in [2.24, 2.45) is 0 Å². The van der Waals surface area contributed by atoms with Crippen LogP contribution in [0.15, 0.2) is 0 Å². The van der Waals surface area contributed by atoms with Crippen molar-refractivity contribution in [2.75, 3.05) is 30.3 Å². The summed E-state index contributed by atoms with van der Waals surface area (Å²) < 4.78 is 5.49. The Hall–Kier alpha value is -1.59. The van der Waals surface area contributed by atoms with Crippen LogP contribution in [0.25, 0.3) is 0 Å². The van der Waals surface area contributed by atoms with E-state index in [1.807, 2.05) is 6.92 Å². The zero-order valence-electron chi connectivity index (χ0n) is 12.9. The Bertz CT molecular complexity index is 373. The number of rotatable bonds is 11. The number of unbranched alkanes of at least 4 members (excludes halogenated alkanes) is 3. The fourth-order valence-electron chi connectivity index (χ4n) is 1.68. The molecule has 6 heteroatoms. The smallest absolute Gasteiger partial charge is 0.323 e. The van der Waals surface area contributed by atoms with Crippen molar-refractivity contribution in [3.8, 4) is 6.01 Å². The maximum atomic E-state index is 5.49. The maximum Gasteiger partial charge on any atom is 0.323 e. The van der Waals surface area contributed by atoms with E-state index in [0.717, 1.165) is 25.9 Å². The molecule has 114 valence electrons. The van der Waals surface area contributed by atoms with E-state index < -0.39 is 0 Å². The molecule has 0 bridgehead atoms. The Morgan fingerprint density at radius 2 is 1.60 bits per heavy atom. The molecule has 1 aromatic heterocycles. The van der Waals surface area contributed by atoms with Crippen LogP contribution in [-0.4, -0.2) is 34.6 Å². The average molecular weight is 281 g/mol. The first-order valence-corrected chi connectivity index (χ1v) is 7.66. The Morgan fingerprint density at radius 1 is 0.850 bits per heavy atom. The molecule has 0 aromatic carbocycles. The number of nitrogens with zero attached hydrogens (tertiary/aromatic N) is 3. The van der Waals surface area contributed by atoms with Gasteiger partial charge in [0.1, 0.15) is 0 Å². The number of hydrogen-bond acceptors (Lipinski definition) is 6. The lowest BCUT2D eigenvalue weighted by Crippen LogP contribution is -2.11. The van der Waals surface area contributed by atoms with Gasteiger partial charge in [0.25, 0.3) is 0 Å². The maximum absolute atomic E-state index is 5.49. The Balaban J connectivity index is 2.55. The van der Waals surface area contributed by atoms with Crippen molar-refractivity contribution in [3.63, 3.8) is 0 Å². The van der Waals surface area contributed by atoms with Crippen molar-refractivity contribution < 1.29 is 4.74 Å². The van der Waals surface area contributed by atoms with Crippen LogP contribution in [-0.2, 0) is 0 Å². The third-order valence-electron chi connectivity index (χ3n) is 2.70. The summed E-state index contributed by atoms with van der Waals surface area (Å²) in [6.45, 7) is 8.54. The zero-order chi connectivity index (χ0) is 14.6. The predicted octanol–water partition coefficient (Wildman–Crippen LogP) is 3.08. The monoisotopic (exact) mass is 281 g/mol. The van der Waals surface area contributed by atoms with Gasteiger partial charge in [0.2, 0.25) is 11.9 Å². The van der Waals surface area contributed by atoms with Crippen molar-refractivity contribution in [3.05, 3.63) is 0 Å². The van der Waals surface area contributed by atoms with E-state index in [4.69, 9.17) is 4.74 Å². The lowest BCUT2D eigenvalue weighted by atomic mass is 10.2. The number of anilines is 2. The van der Waals surface area contributed by atoms with Gasteiger partial charge in [-0.25, -0.2) is 0 Å². The summed E-state index contributed by atoms with van der Waals surface area (Å²) in [5.41, 5.74) is 0. The van der Waals surface area contributed by atoms with Crippen molar-refractivity contribution in [1.82, 2.24) is 15.0 Å². The molecule has 0 saturated carbocycles. The van der Waals surface area contributed by atoms with Gasteiger partial charge in [-0.2, -0.15) is 15.0 Å². The first-order chi connectivity index (χ1) is 9.80. The van der Waals surface area contributed by atoms with E-state index in [2.05, 4.69) is 39.4 Å². The number of hydrogen-bond donors (Lipinski definition) is 2. The van der Waals surface area contributed by atoms with Gasteiger partial charge in [-0.1, -0.05) is 33.1 Å². The van der Waals surface area contributed by atoms with Crippen molar-refractivity contribution >= 4 is 11.9 Å². The van der Waals surface area contributed by atoms with Gasteiger partial charge in [-0.15, -0.1) is 0 Å². The van der Waals surface area contributed by atoms with Crippen LogP contribution < -0.4 is 15.4 Å². The van der Waals surface area contributed by atoms with Gasteiger partial charge in [-0.3, -0.25) is 0 Å². The topological polar surface area (TPSA) is 72.0 Å². The summed E-state index contributed by atoms with van der Waals surface area (Å²) in [4.78, 5) is 12.8. The molecule has 1 rings (SSSR count). The quantitative estimate of drug-likeness (QED) is 0.607. The minimum absolute atomic E-state index is 0.383. The summed E-state index contributed by atoms with van der Waals surface area (Å²) >= 11 is 0. The highest BCUT2D eigenvalue weighted by Crippen LogP contribution is 2.11. The number of ether oxygens (including phenoxy) is 1. The average Bonchev–Trinajstić information content (AvgIpc) is 2.45. The van der Waals surface area contributed by atoms with Crippen LogP contribution in [0, 0.1) is 0 Å². The second-order valence-corrected chi connectivity index (χ2v) is 4.63. The third kappa shape index (κ3) is 6.54. The molecule has 0 atom stereocenters. The summed E-state index contributed by atoms with van der Waals surface area (Å²) in [6, 6.07) is 0.383. The molecular weight excluding hydrogens is 254 g/mol. The molecular formula is C14H27N5O. The number of aromatic nitrogens is 3. The van der Waals surface area contributed by atoms with E-state index in [1.165, 1.54) is 19.3 Å². The molecule has 0 spiro atoms. The normalized spacial score (nSPS) is 10.3. The van der Waals surface area contributed by atoms with Gasteiger partial charge in [0.05, 0.1) is 6.61 Å². The van der Waals surface area contributed by atoms with Gasteiger partial charge >= 0.3 is 6.01 Å². The van der Waals surface area contributed by atoms with Crippen LogP contribution in [0.5, 0.6) is 6.01 Å². The minimum atomic E-state index is 0.383. The SMILES string of the molecule is CCCCCCNc1nc(NCC)nc(OCCC)n1. The molecule has 0 radical (unpaired) electrons. The molecule has 6 nitrogen and oxygen atoms in total. The van der Waals surface area contributed by atoms with Crippen LogP contribution >= 0.6 is 0 Å².